The van der Waals surface area contributed by atoms with Gasteiger partial charge in [0.15, 0.2) is 0 Å². The molecule has 0 saturated carbocycles. The number of piperidine rings is 1. The first kappa shape index (κ1) is 21.3. The summed E-state index contributed by atoms with van der Waals surface area (Å²) in [5, 5.41) is 4.35. The Kier molecular flexibility index (Phi) is 6.27. The van der Waals surface area contributed by atoms with Gasteiger partial charge < -0.3 is 10.6 Å². The normalized spacial score (nSPS) is 19.1. The molecule has 148 valence electrons. The zero-order valence-corrected chi connectivity index (χ0v) is 17.0. The average molecular weight is 396 g/mol. The maximum Gasteiger partial charge on any atom is 0.293 e. The molecule has 1 atom stereocenters. The van der Waals surface area contributed by atoms with Crippen LogP contribution in [0.5, 0.6) is 0 Å². The summed E-state index contributed by atoms with van der Waals surface area (Å²) in [5.74, 6) is 0.0230. The van der Waals surface area contributed by atoms with Crippen LogP contribution in [0.3, 0.4) is 0 Å². The zero-order chi connectivity index (χ0) is 19.1. The SMILES string of the molecule is CC(C)c1nc(C(=O)N2CCC(N)C(C)(C)C2)nn1-c1ccccc1F.Cl. The van der Waals surface area contributed by atoms with Gasteiger partial charge in [0.05, 0.1) is 0 Å². The maximum atomic E-state index is 14.2. The van der Waals surface area contributed by atoms with Crippen LogP contribution in [-0.2, 0) is 0 Å². The molecule has 3 rings (SSSR count). The van der Waals surface area contributed by atoms with Crippen molar-refractivity contribution in [1.29, 1.82) is 0 Å². The van der Waals surface area contributed by atoms with Gasteiger partial charge in [0.25, 0.3) is 5.91 Å². The topological polar surface area (TPSA) is 77.0 Å². The quantitative estimate of drug-likeness (QED) is 0.865. The van der Waals surface area contributed by atoms with E-state index < -0.39 is 5.82 Å². The average Bonchev–Trinajstić information content (AvgIpc) is 3.02. The van der Waals surface area contributed by atoms with Gasteiger partial charge in [-0.25, -0.2) is 14.1 Å². The number of rotatable bonds is 3. The second kappa shape index (κ2) is 7.94. The van der Waals surface area contributed by atoms with Gasteiger partial charge in [-0.15, -0.1) is 17.5 Å². The number of halogens is 2. The number of carbonyl (C=O) groups is 1. The van der Waals surface area contributed by atoms with Gasteiger partial charge in [-0.3, -0.25) is 4.79 Å². The molecule has 6 nitrogen and oxygen atoms in total. The zero-order valence-electron chi connectivity index (χ0n) is 16.1. The molecular weight excluding hydrogens is 369 g/mol. The smallest absolute Gasteiger partial charge is 0.293 e. The van der Waals surface area contributed by atoms with E-state index in [1.807, 2.05) is 13.8 Å². The molecule has 0 spiro atoms. The standard InChI is InChI=1S/C19H26FN5O.ClH/c1-12(2)17-22-16(23-25(17)14-8-6-5-7-13(14)20)18(26)24-10-9-15(21)19(3,4)11-24;/h5-8,12,15H,9-11,21H2,1-4H3;1H. The Balaban J connectivity index is 0.00000261. The second-order valence-corrected chi connectivity index (χ2v) is 7.92. The lowest BCUT2D eigenvalue weighted by Gasteiger charge is -2.42. The molecule has 2 heterocycles. The van der Waals surface area contributed by atoms with Crippen LogP contribution in [0.4, 0.5) is 4.39 Å². The summed E-state index contributed by atoms with van der Waals surface area (Å²) in [4.78, 5) is 19.1. The van der Waals surface area contributed by atoms with Crippen molar-refractivity contribution in [2.45, 2.75) is 46.1 Å². The number of para-hydroxylation sites is 1. The molecule has 0 aliphatic carbocycles. The molecule has 1 aliphatic rings. The summed E-state index contributed by atoms with van der Waals surface area (Å²) in [5.41, 5.74) is 6.29. The van der Waals surface area contributed by atoms with Crippen molar-refractivity contribution < 1.29 is 9.18 Å². The molecule has 0 bridgehead atoms. The Hall–Kier alpha value is -1.99. The molecule has 8 heteroatoms. The Bertz CT molecular complexity index is 820. The van der Waals surface area contributed by atoms with Crippen LogP contribution >= 0.6 is 12.4 Å². The molecule has 1 aromatic heterocycles. The highest BCUT2D eigenvalue weighted by molar-refractivity contribution is 5.90. The lowest BCUT2D eigenvalue weighted by Crippen LogP contribution is -2.54. The molecule has 2 N–H and O–H groups in total. The third-order valence-corrected chi connectivity index (χ3v) is 5.02. The van der Waals surface area contributed by atoms with Crippen LogP contribution in [-0.4, -0.2) is 44.7 Å². The van der Waals surface area contributed by atoms with E-state index in [2.05, 4.69) is 23.9 Å². The molecule has 2 aromatic rings. The number of hydrogen-bond acceptors (Lipinski definition) is 4. The first-order chi connectivity index (χ1) is 12.2. The number of amides is 1. The number of likely N-dealkylation sites (tertiary alicyclic amines) is 1. The van der Waals surface area contributed by atoms with Crippen LogP contribution < -0.4 is 5.73 Å². The van der Waals surface area contributed by atoms with E-state index in [-0.39, 0.29) is 41.5 Å². The van der Waals surface area contributed by atoms with Crippen molar-refractivity contribution in [3.63, 3.8) is 0 Å². The summed E-state index contributed by atoms with van der Waals surface area (Å²) in [7, 11) is 0. The summed E-state index contributed by atoms with van der Waals surface area (Å²) >= 11 is 0. The van der Waals surface area contributed by atoms with Gasteiger partial charge in [0.1, 0.15) is 17.3 Å². The second-order valence-electron chi connectivity index (χ2n) is 7.92. The molecule has 1 saturated heterocycles. The van der Waals surface area contributed by atoms with E-state index in [1.165, 1.54) is 10.7 Å². The van der Waals surface area contributed by atoms with Gasteiger partial charge in [0.2, 0.25) is 5.82 Å². The Morgan fingerprint density at radius 2 is 2.00 bits per heavy atom. The van der Waals surface area contributed by atoms with E-state index >= 15 is 0 Å². The van der Waals surface area contributed by atoms with Gasteiger partial charge in [-0.05, 0) is 24.0 Å². The number of benzene rings is 1. The van der Waals surface area contributed by atoms with Crippen LogP contribution in [0.25, 0.3) is 5.69 Å². The van der Waals surface area contributed by atoms with Crippen LogP contribution in [0.2, 0.25) is 0 Å². The molecule has 27 heavy (non-hydrogen) atoms. The van der Waals surface area contributed by atoms with Crippen LogP contribution in [0.15, 0.2) is 24.3 Å². The predicted molar refractivity (Wildman–Crippen MR) is 105 cm³/mol. The number of carbonyl (C=O) groups excluding carboxylic acids is 1. The highest BCUT2D eigenvalue weighted by Crippen LogP contribution is 2.28. The van der Waals surface area contributed by atoms with E-state index in [0.29, 0.717) is 24.6 Å². The van der Waals surface area contributed by atoms with Crippen LogP contribution in [0.1, 0.15) is 56.5 Å². The molecule has 1 aliphatic heterocycles. The molecule has 1 fully saturated rings. The number of aromatic nitrogens is 3. The van der Waals surface area contributed by atoms with Crippen molar-refractivity contribution in [3.8, 4) is 5.69 Å². The van der Waals surface area contributed by atoms with Gasteiger partial charge in [-0.2, -0.15) is 0 Å². The predicted octanol–water partition coefficient (Wildman–Crippen LogP) is 3.15. The fourth-order valence-electron chi connectivity index (χ4n) is 3.28. The molecule has 1 unspecified atom stereocenters. The monoisotopic (exact) mass is 395 g/mol. The summed E-state index contributed by atoms with van der Waals surface area (Å²) in [6.45, 7) is 9.13. The fourth-order valence-corrected chi connectivity index (χ4v) is 3.28. The summed E-state index contributed by atoms with van der Waals surface area (Å²) < 4.78 is 15.7. The lowest BCUT2D eigenvalue weighted by molar-refractivity contribution is 0.0521. The summed E-state index contributed by atoms with van der Waals surface area (Å²) in [6, 6.07) is 6.42. The Morgan fingerprint density at radius 1 is 1.33 bits per heavy atom. The molecular formula is C19H27ClFN5O. The number of hydrogen-bond donors (Lipinski definition) is 1. The summed E-state index contributed by atoms with van der Waals surface area (Å²) in [6.07, 6.45) is 0.740. The third kappa shape index (κ3) is 4.14. The fraction of sp³-hybridized carbons (Fsp3) is 0.526. The highest BCUT2D eigenvalue weighted by Gasteiger charge is 2.37. The van der Waals surface area contributed by atoms with E-state index in [1.54, 1.807) is 23.1 Å². The minimum atomic E-state index is -0.400. The van der Waals surface area contributed by atoms with Crippen molar-refractivity contribution in [2.24, 2.45) is 11.1 Å². The number of nitrogens with zero attached hydrogens (tertiary/aromatic N) is 4. The molecule has 1 aromatic carbocycles. The number of nitrogens with two attached hydrogens (primary N) is 1. The first-order valence-corrected chi connectivity index (χ1v) is 8.97. The Labute approximate surface area is 165 Å². The minimum Gasteiger partial charge on any atom is -0.335 e. The van der Waals surface area contributed by atoms with Gasteiger partial charge in [0, 0.05) is 25.0 Å². The van der Waals surface area contributed by atoms with Crippen molar-refractivity contribution in [1.82, 2.24) is 19.7 Å². The van der Waals surface area contributed by atoms with Gasteiger partial charge in [-0.1, -0.05) is 39.8 Å². The van der Waals surface area contributed by atoms with E-state index in [9.17, 15) is 9.18 Å². The van der Waals surface area contributed by atoms with E-state index in [0.717, 1.165) is 6.42 Å². The van der Waals surface area contributed by atoms with Crippen LogP contribution in [0, 0.1) is 11.2 Å². The molecule has 0 radical (unpaired) electrons. The van der Waals surface area contributed by atoms with Crippen molar-refractivity contribution in [3.05, 3.63) is 41.7 Å². The first-order valence-electron chi connectivity index (χ1n) is 8.97. The Morgan fingerprint density at radius 3 is 2.59 bits per heavy atom. The van der Waals surface area contributed by atoms with Crippen molar-refractivity contribution in [2.75, 3.05) is 13.1 Å². The third-order valence-electron chi connectivity index (χ3n) is 5.02. The molecule has 1 amide bonds. The largest absolute Gasteiger partial charge is 0.335 e. The van der Waals surface area contributed by atoms with E-state index in [4.69, 9.17) is 5.73 Å². The lowest BCUT2D eigenvalue weighted by atomic mass is 9.79. The van der Waals surface area contributed by atoms with Gasteiger partial charge >= 0.3 is 0 Å². The van der Waals surface area contributed by atoms with Crippen molar-refractivity contribution >= 4 is 18.3 Å². The minimum absolute atomic E-state index is 0. The maximum absolute atomic E-state index is 14.2. The highest BCUT2D eigenvalue weighted by atomic mass is 35.5.